The average molecular weight is 193 g/mol. The molecule has 60 valence electrons. The quantitative estimate of drug-likeness (QED) is 0.490. The molecule has 0 N–H and O–H groups in total. The Morgan fingerprint density at radius 2 is 1.80 bits per heavy atom. The summed E-state index contributed by atoms with van der Waals surface area (Å²) in [5, 5.41) is 0.00463. The molecule has 1 unspecified atom stereocenters. The van der Waals surface area contributed by atoms with Crippen molar-refractivity contribution in [2.24, 2.45) is 0 Å². The van der Waals surface area contributed by atoms with Gasteiger partial charge < -0.3 is 7.59 Å². The average Bonchev–Trinajstić information content (AvgIpc) is 1.63. The van der Waals surface area contributed by atoms with E-state index in [1.54, 1.807) is 0 Å². The Labute approximate surface area is 89.2 Å². The molecule has 0 bridgehead atoms. The molecule has 0 amide bonds. The predicted molar refractivity (Wildman–Crippen MR) is 52.7 cm³/mol. The minimum atomic E-state index is -0.778. The maximum absolute atomic E-state index is 5.85. The van der Waals surface area contributed by atoms with Crippen LogP contribution in [0.2, 0.25) is 13.1 Å². The van der Waals surface area contributed by atoms with Crippen molar-refractivity contribution < 1.29 is 7.59 Å². The van der Waals surface area contributed by atoms with Crippen molar-refractivity contribution in [3.05, 3.63) is 0 Å². The van der Waals surface area contributed by atoms with Gasteiger partial charge in [0, 0.05) is 0 Å². The summed E-state index contributed by atoms with van der Waals surface area (Å²) in [4.78, 5) is 0. The summed E-state index contributed by atoms with van der Waals surface area (Å²) in [6.07, 6.45) is 0.266. The van der Waals surface area contributed by atoms with Gasteiger partial charge in [-0.1, -0.05) is 24.7 Å². The summed E-state index contributed by atoms with van der Waals surface area (Å²) in [5.74, 6) is 0. The molecule has 0 aromatic heterocycles. The molecule has 0 fully saturated rings. The van der Waals surface area contributed by atoms with E-state index in [9.17, 15) is 0 Å². The van der Waals surface area contributed by atoms with Crippen molar-refractivity contribution in [1.82, 2.24) is 0 Å². The molecule has 10 heavy (non-hydrogen) atoms. The van der Waals surface area contributed by atoms with Gasteiger partial charge >= 0.3 is 23.1 Å². The number of halogens is 1. The number of rotatable bonds is 3. The molecule has 0 aliphatic heterocycles. The molecule has 0 spiro atoms. The van der Waals surface area contributed by atoms with E-state index in [1.807, 2.05) is 13.8 Å². The minimum absolute atomic E-state index is 0. The second-order valence-electron chi connectivity index (χ2n) is 2.78. The van der Waals surface area contributed by atoms with Crippen molar-refractivity contribution in [2.45, 2.75) is 38.2 Å². The number of alkyl halides is 1. The SMILES string of the molecule is CC(C)OC(Cl)[SiH](C)C.[H-].[H-].[Mg+2]. The van der Waals surface area contributed by atoms with Crippen LogP contribution in [0.1, 0.15) is 16.7 Å². The Morgan fingerprint density at radius 3 is 1.90 bits per heavy atom. The van der Waals surface area contributed by atoms with Gasteiger partial charge in [-0.25, -0.2) is 0 Å². The van der Waals surface area contributed by atoms with Crippen LogP contribution in [0.3, 0.4) is 0 Å². The normalized spacial score (nSPS) is 13.5. The first kappa shape index (κ1) is 13.8. The summed E-state index contributed by atoms with van der Waals surface area (Å²) in [6.45, 7) is 8.37. The summed E-state index contributed by atoms with van der Waals surface area (Å²) < 4.78 is 5.34. The second-order valence-corrected chi connectivity index (χ2v) is 6.73. The first-order valence-electron chi connectivity index (χ1n) is 3.33. The minimum Gasteiger partial charge on any atom is -1.00 e. The van der Waals surface area contributed by atoms with Crippen molar-refractivity contribution in [3.8, 4) is 0 Å². The summed E-state index contributed by atoms with van der Waals surface area (Å²) >= 11 is 5.85. The Morgan fingerprint density at radius 1 is 1.40 bits per heavy atom. The number of ether oxygens (including phenoxy) is 1. The van der Waals surface area contributed by atoms with E-state index in [2.05, 4.69) is 13.1 Å². The van der Waals surface area contributed by atoms with Crippen molar-refractivity contribution >= 4 is 43.5 Å². The van der Waals surface area contributed by atoms with Crippen LogP contribution in [0, 0.1) is 0 Å². The molecule has 0 aliphatic rings. The Hall–Kier alpha value is 1.23. The first-order chi connectivity index (χ1) is 4.04. The van der Waals surface area contributed by atoms with E-state index in [4.69, 9.17) is 16.3 Å². The van der Waals surface area contributed by atoms with Crippen LogP contribution in [0.5, 0.6) is 0 Å². The van der Waals surface area contributed by atoms with E-state index in [0.717, 1.165) is 0 Å². The third-order valence-corrected chi connectivity index (χ3v) is 3.75. The van der Waals surface area contributed by atoms with E-state index in [1.165, 1.54) is 0 Å². The molecular formula is C6H17ClMgOSi. The van der Waals surface area contributed by atoms with E-state index in [0.29, 0.717) is 0 Å². The topological polar surface area (TPSA) is 9.23 Å². The van der Waals surface area contributed by atoms with Gasteiger partial charge in [-0.2, -0.15) is 0 Å². The fourth-order valence-electron chi connectivity index (χ4n) is 0.417. The van der Waals surface area contributed by atoms with Gasteiger partial charge in [-0.3, -0.25) is 0 Å². The van der Waals surface area contributed by atoms with Crippen LogP contribution < -0.4 is 0 Å². The van der Waals surface area contributed by atoms with Gasteiger partial charge in [-0.05, 0) is 13.8 Å². The van der Waals surface area contributed by atoms with Gasteiger partial charge in [0.05, 0.1) is 14.9 Å². The van der Waals surface area contributed by atoms with E-state index < -0.39 is 8.80 Å². The van der Waals surface area contributed by atoms with Crippen molar-refractivity contribution in [2.75, 3.05) is 0 Å². The van der Waals surface area contributed by atoms with E-state index >= 15 is 0 Å². The Bertz CT molecular complexity index is 87.9. The number of hydrogen-bond acceptors (Lipinski definition) is 1. The predicted octanol–water partition coefficient (Wildman–Crippen LogP) is 1.85. The Balaban J connectivity index is -0.000000107. The maximum Gasteiger partial charge on any atom is 2.00 e. The Kier molecular flexibility index (Phi) is 9.54. The van der Waals surface area contributed by atoms with Gasteiger partial charge in [0.25, 0.3) is 0 Å². The molecule has 1 atom stereocenters. The van der Waals surface area contributed by atoms with Crippen LogP contribution in [0.25, 0.3) is 0 Å². The van der Waals surface area contributed by atoms with Crippen LogP contribution in [-0.4, -0.2) is 43.1 Å². The zero-order valence-corrected chi connectivity index (χ0v) is 10.6. The van der Waals surface area contributed by atoms with Crippen LogP contribution >= 0.6 is 11.6 Å². The standard InChI is InChI=1S/C6H15ClOSi.Mg.2H/c1-5(2)8-6(7)9(3)4;;;/h5-6,9H,1-4H3;;;/q;+2;2*-1. The maximum atomic E-state index is 5.85. The molecule has 0 radical (unpaired) electrons. The molecule has 4 heteroatoms. The molecule has 0 heterocycles. The van der Waals surface area contributed by atoms with Gasteiger partial charge in [0.15, 0.2) is 0 Å². The molecule has 0 saturated heterocycles. The fourth-order valence-corrected chi connectivity index (χ4v) is 1.25. The monoisotopic (exact) mass is 192 g/mol. The van der Waals surface area contributed by atoms with Crippen molar-refractivity contribution in [3.63, 3.8) is 0 Å². The van der Waals surface area contributed by atoms with Crippen LogP contribution in [-0.2, 0) is 4.74 Å². The van der Waals surface area contributed by atoms with Gasteiger partial charge in [0.1, 0.15) is 5.19 Å². The van der Waals surface area contributed by atoms with Gasteiger partial charge in [-0.15, -0.1) is 0 Å². The smallest absolute Gasteiger partial charge is 1.00 e. The van der Waals surface area contributed by atoms with E-state index in [-0.39, 0.29) is 37.2 Å². The van der Waals surface area contributed by atoms with Crippen LogP contribution in [0.15, 0.2) is 0 Å². The second kappa shape index (κ2) is 6.91. The molecule has 0 aliphatic carbocycles. The first-order valence-corrected chi connectivity index (χ1v) is 6.74. The van der Waals surface area contributed by atoms with Gasteiger partial charge in [0.2, 0.25) is 0 Å². The molecule has 1 nitrogen and oxygen atoms in total. The molecule has 0 aromatic rings. The number of hydrogen-bond donors (Lipinski definition) is 0. The van der Waals surface area contributed by atoms with Crippen LogP contribution in [0.4, 0.5) is 0 Å². The molecule has 0 saturated carbocycles. The zero-order chi connectivity index (χ0) is 7.44. The molecular weight excluding hydrogens is 176 g/mol. The summed E-state index contributed by atoms with van der Waals surface area (Å²) in [7, 11) is -0.778. The molecule has 0 aromatic carbocycles. The third-order valence-electron chi connectivity index (χ3n) is 0.926. The largest absolute Gasteiger partial charge is 2.00 e. The third kappa shape index (κ3) is 7.34. The summed E-state index contributed by atoms with van der Waals surface area (Å²) in [6, 6.07) is 0. The summed E-state index contributed by atoms with van der Waals surface area (Å²) in [5.41, 5.74) is 0. The molecule has 0 rings (SSSR count). The zero-order valence-electron chi connectivity index (χ0n) is 9.23. The van der Waals surface area contributed by atoms with Crippen molar-refractivity contribution in [1.29, 1.82) is 0 Å². The fraction of sp³-hybridized carbons (Fsp3) is 1.00.